The van der Waals surface area contributed by atoms with Crippen LogP contribution in [0.4, 0.5) is 0 Å². The summed E-state index contributed by atoms with van der Waals surface area (Å²) in [5.74, 6) is 1.66. The van der Waals surface area contributed by atoms with Crippen LogP contribution in [-0.2, 0) is 9.59 Å². The molecule has 0 radical (unpaired) electrons. The lowest BCUT2D eigenvalue weighted by molar-refractivity contribution is -0.144. The molecular weight excluding hydrogens is 212 g/mol. The minimum atomic E-state index is -0.337. The molecule has 1 rings (SSSR count). The third kappa shape index (κ3) is 3.27. The zero-order chi connectivity index (χ0) is 11.3. The number of nitrogens with one attached hydrogen (secondary N) is 1. The van der Waals surface area contributed by atoms with Crippen molar-refractivity contribution in [3.63, 3.8) is 0 Å². The van der Waals surface area contributed by atoms with Crippen molar-refractivity contribution in [1.29, 1.82) is 0 Å². The summed E-state index contributed by atoms with van der Waals surface area (Å²) < 4.78 is 0. The molecule has 0 aromatic rings. The van der Waals surface area contributed by atoms with E-state index in [9.17, 15) is 9.59 Å². The van der Waals surface area contributed by atoms with E-state index in [-0.39, 0.29) is 24.4 Å². The third-order valence-corrected chi connectivity index (χ3v) is 3.24. The fourth-order valence-electron chi connectivity index (χ4n) is 1.42. The Morgan fingerprint density at radius 3 is 3.07 bits per heavy atom. The number of thioether (sulfide) groups is 1. The second-order valence-electron chi connectivity index (χ2n) is 3.34. The van der Waals surface area contributed by atoms with Crippen LogP contribution in [0.5, 0.6) is 0 Å². The summed E-state index contributed by atoms with van der Waals surface area (Å²) >= 11 is 1.71. The second-order valence-corrected chi connectivity index (χ2v) is 4.49. The predicted octanol–water partition coefficient (Wildman–Crippen LogP) is 0.252. The fraction of sp³-hybridized carbons (Fsp3) is 0.600. The Hall–Kier alpha value is -0.970. The van der Waals surface area contributed by atoms with E-state index in [1.807, 2.05) is 6.08 Å². The lowest BCUT2D eigenvalue weighted by Gasteiger charge is -2.32. The summed E-state index contributed by atoms with van der Waals surface area (Å²) in [7, 11) is 0. The average molecular weight is 228 g/mol. The molecule has 15 heavy (non-hydrogen) atoms. The highest BCUT2D eigenvalue weighted by molar-refractivity contribution is 7.99. The van der Waals surface area contributed by atoms with Crippen LogP contribution in [0.1, 0.15) is 6.92 Å². The Bertz CT molecular complexity index is 268. The summed E-state index contributed by atoms with van der Waals surface area (Å²) in [5.41, 5.74) is 0. The van der Waals surface area contributed by atoms with Gasteiger partial charge in [0.25, 0.3) is 0 Å². The van der Waals surface area contributed by atoms with E-state index in [2.05, 4.69) is 11.9 Å². The smallest absolute Gasteiger partial charge is 0.242 e. The van der Waals surface area contributed by atoms with Gasteiger partial charge in [-0.3, -0.25) is 9.59 Å². The van der Waals surface area contributed by atoms with Gasteiger partial charge < -0.3 is 10.2 Å². The van der Waals surface area contributed by atoms with Gasteiger partial charge in [-0.15, -0.1) is 6.58 Å². The lowest BCUT2D eigenvalue weighted by Crippen LogP contribution is -2.57. The lowest BCUT2D eigenvalue weighted by atomic mass is 10.2. The molecule has 1 heterocycles. The summed E-state index contributed by atoms with van der Waals surface area (Å²) in [6.07, 6.45) is 1.83. The first-order valence-electron chi connectivity index (χ1n) is 4.92. The van der Waals surface area contributed by atoms with Crippen LogP contribution in [0, 0.1) is 0 Å². The summed E-state index contributed by atoms with van der Waals surface area (Å²) in [6, 6.07) is -0.337. The van der Waals surface area contributed by atoms with E-state index in [1.165, 1.54) is 0 Å². The van der Waals surface area contributed by atoms with Gasteiger partial charge in [-0.25, -0.2) is 0 Å². The van der Waals surface area contributed by atoms with Crippen LogP contribution in [0.25, 0.3) is 0 Å². The molecule has 1 atom stereocenters. The van der Waals surface area contributed by atoms with Crippen LogP contribution in [0.3, 0.4) is 0 Å². The van der Waals surface area contributed by atoms with Gasteiger partial charge >= 0.3 is 0 Å². The first-order chi connectivity index (χ1) is 7.16. The Kier molecular flexibility index (Phi) is 4.68. The highest BCUT2D eigenvalue weighted by Crippen LogP contribution is 2.08. The number of hydrogen-bond acceptors (Lipinski definition) is 3. The van der Waals surface area contributed by atoms with E-state index in [4.69, 9.17) is 0 Å². The Labute approximate surface area is 94.1 Å². The summed E-state index contributed by atoms with van der Waals surface area (Å²) in [4.78, 5) is 24.4. The van der Waals surface area contributed by atoms with Gasteiger partial charge in [0.15, 0.2) is 0 Å². The number of hydrogen-bond donors (Lipinski definition) is 1. The van der Waals surface area contributed by atoms with Crippen LogP contribution < -0.4 is 5.32 Å². The molecule has 0 spiro atoms. The quantitative estimate of drug-likeness (QED) is 0.542. The van der Waals surface area contributed by atoms with Crippen LogP contribution in [-0.4, -0.2) is 47.4 Å². The molecular formula is C10H16N2O2S. The van der Waals surface area contributed by atoms with Crippen LogP contribution in [0.2, 0.25) is 0 Å². The molecule has 84 valence electrons. The molecule has 1 saturated heterocycles. The summed E-state index contributed by atoms with van der Waals surface area (Å²) in [6.45, 7) is 6.14. The van der Waals surface area contributed by atoms with Gasteiger partial charge in [-0.2, -0.15) is 11.8 Å². The Morgan fingerprint density at radius 2 is 2.40 bits per heavy atom. The van der Waals surface area contributed by atoms with E-state index in [0.29, 0.717) is 6.54 Å². The number of carbonyl (C=O) groups is 2. The average Bonchev–Trinajstić information content (AvgIpc) is 2.23. The highest BCUT2D eigenvalue weighted by Gasteiger charge is 2.30. The molecule has 1 N–H and O–H groups in total. The SMILES string of the molecule is C=CCSCCN1C(=O)CNC(=O)C1C. The number of piperazine rings is 1. The number of rotatable bonds is 5. The van der Waals surface area contributed by atoms with Crippen molar-refractivity contribution < 1.29 is 9.59 Å². The molecule has 0 bridgehead atoms. The molecule has 4 nitrogen and oxygen atoms in total. The zero-order valence-corrected chi connectivity index (χ0v) is 9.68. The zero-order valence-electron chi connectivity index (χ0n) is 8.86. The third-order valence-electron chi connectivity index (χ3n) is 2.29. The monoisotopic (exact) mass is 228 g/mol. The maximum Gasteiger partial charge on any atom is 0.242 e. The fourth-order valence-corrected chi connectivity index (χ4v) is 2.08. The van der Waals surface area contributed by atoms with Crippen LogP contribution in [0.15, 0.2) is 12.7 Å². The number of carbonyl (C=O) groups excluding carboxylic acids is 2. The maximum absolute atomic E-state index is 11.5. The first kappa shape index (κ1) is 12.1. The van der Waals surface area contributed by atoms with Crippen molar-refractivity contribution >= 4 is 23.6 Å². The molecule has 0 aromatic carbocycles. The van der Waals surface area contributed by atoms with E-state index in [1.54, 1.807) is 23.6 Å². The largest absolute Gasteiger partial charge is 0.345 e. The first-order valence-corrected chi connectivity index (χ1v) is 6.08. The molecule has 1 aliphatic heterocycles. The molecule has 5 heteroatoms. The van der Waals surface area contributed by atoms with Crippen LogP contribution >= 0.6 is 11.8 Å². The second kappa shape index (κ2) is 5.80. The van der Waals surface area contributed by atoms with Crippen molar-refractivity contribution in [2.45, 2.75) is 13.0 Å². The number of amides is 2. The van der Waals surface area contributed by atoms with Gasteiger partial charge in [0.2, 0.25) is 11.8 Å². The molecule has 0 saturated carbocycles. The maximum atomic E-state index is 11.5. The minimum Gasteiger partial charge on any atom is -0.345 e. The standard InChI is InChI=1S/C10H16N2O2S/c1-3-5-15-6-4-12-8(2)10(14)11-7-9(12)13/h3,8H,1,4-7H2,2H3,(H,11,14). The van der Waals surface area contributed by atoms with Crippen molar-refractivity contribution in [3.05, 3.63) is 12.7 Å². The molecule has 1 aliphatic rings. The van der Waals surface area contributed by atoms with Gasteiger partial charge in [0.1, 0.15) is 6.04 Å². The normalized spacial score (nSPS) is 21.4. The van der Waals surface area contributed by atoms with E-state index >= 15 is 0 Å². The number of nitrogens with zero attached hydrogens (tertiary/aromatic N) is 1. The van der Waals surface area contributed by atoms with Gasteiger partial charge in [-0.1, -0.05) is 6.08 Å². The van der Waals surface area contributed by atoms with Gasteiger partial charge in [0.05, 0.1) is 6.54 Å². The van der Waals surface area contributed by atoms with E-state index < -0.39 is 0 Å². The van der Waals surface area contributed by atoms with Crippen molar-refractivity contribution in [2.75, 3.05) is 24.6 Å². The van der Waals surface area contributed by atoms with Crippen molar-refractivity contribution in [3.8, 4) is 0 Å². The van der Waals surface area contributed by atoms with Gasteiger partial charge in [0, 0.05) is 18.1 Å². The molecule has 2 amide bonds. The van der Waals surface area contributed by atoms with Gasteiger partial charge in [-0.05, 0) is 6.92 Å². The van der Waals surface area contributed by atoms with Crippen molar-refractivity contribution in [2.24, 2.45) is 0 Å². The molecule has 1 unspecified atom stereocenters. The topological polar surface area (TPSA) is 49.4 Å². The summed E-state index contributed by atoms with van der Waals surface area (Å²) in [5, 5.41) is 2.56. The predicted molar refractivity (Wildman–Crippen MR) is 61.7 cm³/mol. The molecule has 1 fully saturated rings. The highest BCUT2D eigenvalue weighted by atomic mass is 32.2. The van der Waals surface area contributed by atoms with Crippen molar-refractivity contribution in [1.82, 2.24) is 10.2 Å². The molecule has 0 aliphatic carbocycles. The Morgan fingerprint density at radius 1 is 1.67 bits per heavy atom. The van der Waals surface area contributed by atoms with E-state index in [0.717, 1.165) is 11.5 Å². The Balaban J connectivity index is 2.39. The minimum absolute atomic E-state index is 0.00121. The molecule has 0 aromatic heterocycles.